The summed E-state index contributed by atoms with van der Waals surface area (Å²) in [4.78, 5) is 24.2. The number of halogens is 1. The molecule has 2 rings (SSSR count). The molecular formula is C18H18BrNO4. The second-order valence-corrected chi connectivity index (χ2v) is 5.95. The van der Waals surface area contributed by atoms with Crippen molar-refractivity contribution in [2.45, 2.75) is 19.6 Å². The third-order valence-electron chi connectivity index (χ3n) is 3.35. The Morgan fingerprint density at radius 1 is 1.17 bits per heavy atom. The third kappa shape index (κ3) is 4.83. The summed E-state index contributed by atoms with van der Waals surface area (Å²) < 4.78 is 11.0. The van der Waals surface area contributed by atoms with Crippen LogP contribution >= 0.6 is 15.9 Å². The minimum Gasteiger partial charge on any atom is -0.496 e. The maximum absolute atomic E-state index is 12.1. The molecule has 0 unspecified atom stereocenters. The first-order chi connectivity index (χ1) is 11.5. The van der Waals surface area contributed by atoms with Gasteiger partial charge in [0.05, 0.1) is 17.1 Å². The summed E-state index contributed by atoms with van der Waals surface area (Å²) in [6.45, 7) is 1.92. The van der Waals surface area contributed by atoms with E-state index in [1.54, 1.807) is 18.2 Å². The number of carbonyl (C=O) groups is 2. The number of rotatable bonds is 6. The van der Waals surface area contributed by atoms with E-state index in [9.17, 15) is 9.59 Å². The third-order valence-corrected chi connectivity index (χ3v) is 3.97. The Bertz CT molecular complexity index is 718. The molecule has 0 saturated heterocycles. The van der Waals surface area contributed by atoms with Crippen molar-refractivity contribution in [1.29, 1.82) is 0 Å². The molecule has 5 nitrogen and oxygen atoms in total. The molecule has 1 amide bonds. The Balaban J connectivity index is 1.90. The molecule has 2 aromatic rings. The highest BCUT2D eigenvalue weighted by Crippen LogP contribution is 2.25. The van der Waals surface area contributed by atoms with Gasteiger partial charge in [0.25, 0.3) is 5.91 Å². The van der Waals surface area contributed by atoms with Gasteiger partial charge in [-0.3, -0.25) is 4.79 Å². The van der Waals surface area contributed by atoms with Gasteiger partial charge in [0.15, 0.2) is 6.10 Å². The fourth-order valence-corrected chi connectivity index (χ4v) is 2.54. The summed E-state index contributed by atoms with van der Waals surface area (Å²) in [5.74, 6) is -0.305. The smallest absolute Gasteiger partial charge is 0.338 e. The van der Waals surface area contributed by atoms with Gasteiger partial charge in [0.1, 0.15) is 5.75 Å². The molecule has 0 heterocycles. The lowest BCUT2D eigenvalue weighted by Gasteiger charge is -2.14. The first kappa shape index (κ1) is 18.0. The van der Waals surface area contributed by atoms with E-state index in [0.717, 1.165) is 5.56 Å². The van der Waals surface area contributed by atoms with Crippen molar-refractivity contribution in [3.63, 3.8) is 0 Å². The van der Waals surface area contributed by atoms with Crippen molar-refractivity contribution in [1.82, 2.24) is 5.32 Å². The summed E-state index contributed by atoms with van der Waals surface area (Å²) >= 11 is 3.31. The zero-order valence-electron chi connectivity index (χ0n) is 13.4. The van der Waals surface area contributed by atoms with E-state index >= 15 is 0 Å². The molecule has 0 bridgehead atoms. The number of carbonyl (C=O) groups excluding carboxylic acids is 2. The average molecular weight is 392 g/mol. The molecule has 0 aromatic heterocycles. The highest BCUT2D eigenvalue weighted by atomic mass is 79.9. The van der Waals surface area contributed by atoms with Gasteiger partial charge in [-0.1, -0.05) is 30.3 Å². The average Bonchev–Trinajstić information content (AvgIpc) is 2.60. The second kappa shape index (κ2) is 8.49. The molecule has 1 N–H and O–H groups in total. The van der Waals surface area contributed by atoms with Crippen molar-refractivity contribution >= 4 is 27.8 Å². The lowest BCUT2D eigenvalue weighted by Crippen LogP contribution is -2.35. The van der Waals surface area contributed by atoms with E-state index in [-0.39, 0.29) is 5.91 Å². The quantitative estimate of drug-likeness (QED) is 0.767. The van der Waals surface area contributed by atoms with Crippen LogP contribution in [-0.2, 0) is 16.1 Å². The number of hydrogen-bond acceptors (Lipinski definition) is 4. The normalized spacial score (nSPS) is 11.5. The molecule has 1 atom stereocenters. The van der Waals surface area contributed by atoms with Gasteiger partial charge in [0, 0.05) is 6.54 Å². The molecule has 0 aliphatic rings. The van der Waals surface area contributed by atoms with Gasteiger partial charge >= 0.3 is 5.97 Å². The second-order valence-electron chi connectivity index (χ2n) is 5.10. The van der Waals surface area contributed by atoms with Crippen LogP contribution in [0.25, 0.3) is 0 Å². The maximum Gasteiger partial charge on any atom is 0.338 e. The fourth-order valence-electron chi connectivity index (χ4n) is 2.00. The van der Waals surface area contributed by atoms with Crippen LogP contribution in [0.4, 0.5) is 0 Å². The van der Waals surface area contributed by atoms with E-state index in [1.165, 1.54) is 14.0 Å². The summed E-state index contributed by atoms with van der Waals surface area (Å²) in [5, 5.41) is 2.74. The number of methoxy groups -OCH3 is 1. The molecule has 0 spiro atoms. The van der Waals surface area contributed by atoms with Gasteiger partial charge in [-0.25, -0.2) is 4.79 Å². The number of nitrogens with one attached hydrogen (secondary N) is 1. The van der Waals surface area contributed by atoms with Crippen molar-refractivity contribution in [3.05, 3.63) is 64.1 Å². The van der Waals surface area contributed by atoms with Gasteiger partial charge in [-0.05, 0) is 46.6 Å². The van der Waals surface area contributed by atoms with Gasteiger partial charge < -0.3 is 14.8 Å². The highest BCUT2D eigenvalue weighted by Gasteiger charge is 2.19. The Hall–Kier alpha value is -2.34. The van der Waals surface area contributed by atoms with Crippen LogP contribution < -0.4 is 10.1 Å². The van der Waals surface area contributed by atoms with Crippen LogP contribution in [0.1, 0.15) is 22.8 Å². The van der Waals surface area contributed by atoms with Crippen LogP contribution in [0.15, 0.2) is 53.0 Å². The van der Waals surface area contributed by atoms with Crippen molar-refractivity contribution < 1.29 is 19.1 Å². The molecule has 0 aliphatic heterocycles. The monoisotopic (exact) mass is 391 g/mol. The van der Waals surface area contributed by atoms with E-state index in [4.69, 9.17) is 9.47 Å². The topological polar surface area (TPSA) is 64.6 Å². The Morgan fingerprint density at radius 2 is 1.88 bits per heavy atom. The van der Waals surface area contributed by atoms with Crippen molar-refractivity contribution in [3.8, 4) is 5.75 Å². The molecule has 0 saturated carbocycles. The van der Waals surface area contributed by atoms with Crippen LogP contribution in [0, 0.1) is 0 Å². The first-order valence-corrected chi connectivity index (χ1v) is 8.16. The van der Waals surface area contributed by atoms with Crippen LogP contribution in [0.3, 0.4) is 0 Å². The van der Waals surface area contributed by atoms with Crippen molar-refractivity contribution in [2.75, 3.05) is 7.11 Å². The number of amides is 1. The predicted octanol–water partition coefficient (Wildman–Crippen LogP) is 3.32. The summed E-state index contributed by atoms with van der Waals surface area (Å²) in [5.41, 5.74) is 1.31. The number of ether oxygens (including phenoxy) is 2. The Kier molecular flexibility index (Phi) is 6.37. The minimum absolute atomic E-state index is 0.338. The number of benzene rings is 2. The zero-order chi connectivity index (χ0) is 17.5. The molecule has 24 heavy (non-hydrogen) atoms. The first-order valence-electron chi connectivity index (χ1n) is 7.37. The summed E-state index contributed by atoms with van der Waals surface area (Å²) in [7, 11) is 1.54. The maximum atomic E-state index is 12.1. The lowest BCUT2D eigenvalue weighted by atomic mass is 10.2. The van der Waals surface area contributed by atoms with E-state index in [1.807, 2.05) is 30.3 Å². The molecule has 6 heteroatoms. The predicted molar refractivity (Wildman–Crippen MR) is 93.9 cm³/mol. The van der Waals surface area contributed by atoms with E-state index in [2.05, 4.69) is 21.2 Å². The molecule has 126 valence electrons. The zero-order valence-corrected chi connectivity index (χ0v) is 15.0. The van der Waals surface area contributed by atoms with E-state index < -0.39 is 12.1 Å². The molecule has 0 aliphatic carbocycles. The summed E-state index contributed by atoms with van der Waals surface area (Å²) in [6, 6.07) is 14.3. The van der Waals surface area contributed by atoms with Gasteiger partial charge in [-0.15, -0.1) is 0 Å². The SMILES string of the molecule is COc1ccc(C(=O)O[C@@H](C)C(=O)NCc2ccccc2)cc1Br. The number of hydrogen-bond donors (Lipinski definition) is 1. The minimum atomic E-state index is -0.887. The highest BCUT2D eigenvalue weighted by molar-refractivity contribution is 9.10. The lowest BCUT2D eigenvalue weighted by molar-refractivity contribution is -0.129. The van der Waals surface area contributed by atoms with Crippen molar-refractivity contribution in [2.24, 2.45) is 0 Å². The van der Waals surface area contributed by atoms with Gasteiger partial charge in [-0.2, -0.15) is 0 Å². The van der Waals surface area contributed by atoms with Crippen LogP contribution in [0.5, 0.6) is 5.75 Å². The Morgan fingerprint density at radius 3 is 2.50 bits per heavy atom. The van der Waals surface area contributed by atoms with Crippen LogP contribution in [0.2, 0.25) is 0 Å². The molecule has 2 aromatic carbocycles. The molecule has 0 radical (unpaired) electrons. The standard InChI is InChI=1S/C18H18BrNO4/c1-12(17(21)20-11-13-6-4-3-5-7-13)24-18(22)14-8-9-16(23-2)15(19)10-14/h3-10,12H,11H2,1-2H3,(H,20,21)/t12-/m0/s1. The van der Waals surface area contributed by atoms with Crippen LogP contribution in [-0.4, -0.2) is 25.1 Å². The van der Waals surface area contributed by atoms with E-state index in [0.29, 0.717) is 22.3 Å². The largest absolute Gasteiger partial charge is 0.496 e. The summed E-state index contributed by atoms with van der Waals surface area (Å²) in [6.07, 6.45) is -0.887. The molecule has 0 fully saturated rings. The number of esters is 1. The fraction of sp³-hybridized carbons (Fsp3) is 0.222. The molecular weight excluding hydrogens is 374 g/mol. The van der Waals surface area contributed by atoms with Gasteiger partial charge in [0.2, 0.25) is 0 Å². The Labute approximate surface area is 149 Å².